The van der Waals surface area contributed by atoms with E-state index in [4.69, 9.17) is 30.9 Å². The van der Waals surface area contributed by atoms with E-state index in [-0.39, 0.29) is 18.7 Å². The van der Waals surface area contributed by atoms with E-state index in [9.17, 15) is 22.8 Å². The Hall–Kier alpha value is -4.13. The van der Waals surface area contributed by atoms with Crippen molar-refractivity contribution in [3.63, 3.8) is 0 Å². The van der Waals surface area contributed by atoms with Crippen LogP contribution in [0.5, 0.6) is 11.5 Å². The number of nitrogens with zero attached hydrogens (tertiary/aromatic N) is 4. The Balaban J connectivity index is 1.47. The van der Waals surface area contributed by atoms with E-state index in [2.05, 4.69) is 4.90 Å². The average Bonchev–Trinajstić information content (AvgIpc) is 3.51. The van der Waals surface area contributed by atoms with Crippen molar-refractivity contribution < 1.29 is 37.0 Å². The van der Waals surface area contributed by atoms with Gasteiger partial charge >= 0.3 is 6.18 Å². The number of alkyl halides is 3. The molecule has 0 bridgehead atoms. The molecule has 0 unspecified atom stereocenters. The summed E-state index contributed by atoms with van der Waals surface area (Å²) >= 11 is 6.51. The minimum atomic E-state index is -4.54. The van der Waals surface area contributed by atoms with Gasteiger partial charge in [-0.1, -0.05) is 29.8 Å². The SMILES string of the molecule is COc1ccc(OC)c([C@@H]2CC(c3ccccc3Cl)=NN2C(=O)CN(CCN2CCOCC2)C(=O)c2ccc(C(F)(F)F)cc2)c1. The molecule has 3 aromatic carbocycles. The maximum absolute atomic E-state index is 14.2. The smallest absolute Gasteiger partial charge is 0.416 e. The number of hydrogen-bond donors (Lipinski definition) is 0. The number of benzene rings is 3. The second-order valence-electron chi connectivity index (χ2n) is 10.8. The Morgan fingerprint density at radius 3 is 2.39 bits per heavy atom. The molecule has 0 aliphatic carbocycles. The quantitative estimate of drug-likeness (QED) is 0.285. The molecule has 9 nitrogen and oxygen atoms in total. The molecule has 2 aliphatic rings. The van der Waals surface area contributed by atoms with Crippen LogP contribution in [0.4, 0.5) is 13.2 Å². The predicted octanol–water partition coefficient (Wildman–Crippen LogP) is 5.53. The molecule has 13 heteroatoms. The second-order valence-corrected chi connectivity index (χ2v) is 11.3. The highest BCUT2D eigenvalue weighted by molar-refractivity contribution is 6.34. The third-order valence-electron chi connectivity index (χ3n) is 8.01. The second kappa shape index (κ2) is 14.5. The van der Waals surface area contributed by atoms with Crippen molar-refractivity contribution in [1.82, 2.24) is 14.8 Å². The first kappa shape index (κ1) is 33.2. The highest BCUT2D eigenvalue weighted by Gasteiger charge is 2.37. The van der Waals surface area contributed by atoms with Gasteiger partial charge in [0.2, 0.25) is 0 Å². The molecule has 244 valence electrons. The van der Waals surface area contributed by atoms with Gasteiger partial charge in [-0.3, -0.25) is 14.5 Å². The number of amides is 2. The van der Waals surface area contributed by atoms with Crippen LogP contribution in [0.15, 0.2) is 71.8 Å². The number of morpholine rings is 1. The third kappa shape index (κ3) is 7.63. The third-order valence-corrected chi connectivity index (χ3v) is 8.34. The van der Waals surface area contributed by atoms with Crippen molar-refractivity contribution in [2.45, 2.75) is 18.6 Å². The van der Waals surface area contributed by atoms with Crippen LogP contribution >= 0.6 is 11.6 Å². The molecule has 1 fully saturated rings. The molecule has 0 N–H and O–H groups in total. The fourth-order valence-electron chi connectivity index (χ4n) is 5.50. The summed E-state index contributed by atoms with van der Waals surface area (Å²) in [4.78, 5) is 31.4. The summed E-state index contributed by atoms with van der Waals surface area (Å²) in [5.74, 6) is 0.0164. The molecule has 2 amide bonds. The normalized spacial score (nSPS) is 17.0. The Bertz CT molecular complexity index is 1580. The van der Waals surface area contributed by atoms with Gasteiger partial charge in [0.05, 0.1) is 44.8 Å². The largest absolute Gasteiger partial charge is 0.497 e. The van der Waals surface area contributed by atoms with Crippen LogP contribution in [-0.4, -0.2) is 92.5 Å². The summed E-state index contributed by atoms with van der Waals surface area (Å²) in [5, 5.41) is 6.51. The van der Waals surface area contributed by atoms with Crippen LogP contribution in [0, 0.1) is 0 Å². The van der Waals surface area contributed by atoms with Crippen LogP contribution in [0.3, 0.4) is 0 Å². The van der Waals surface area contributed by atoms with Gasteiger partial charge in [0, 0.05) is 54.3 Å². The lowest BCUT2D eigenvalue weighted by molar-refractivity contribution is -0.137. The lowest BCUT2D eigenvalue weighted by Gasteiger charge is -2.31. The van der Waals surface area contributed by atoms with Gasteiger partial charge in [-0.25, -0.2) is 5.01 Å². The number of carbonyl (C=O) groups is 2. The first-order chi connectivity index (χ1) is 22.1. The van der Waals surface area contributed by atoms with Gasteiger partial charge in [0.1, 0.15) is 18.0 Å². The summed E-state index contributed by atoms with van der Waals surface area (Å²) in [7, 11) is 3.06. The molecule has 2 aliphatic heterocycles. The minimum Gasteiger partial charge on any atom is -0.497 e. The predicted molar refractivity (Wildman–Crippen MR) is 166 cm³/mol. The van der Waals surface area contributed by atoms with E-state index in [1.807, 2.05) is 12.1 Å². The van der Waals surface area contributed by atoms with Gasteiger partial charge in [0.15, 0.2) is 0 Å². The number of halogens is 4. The average molecular weight is 659 g/mol. The molecular formula is C33H34ClF3N4O5. The first-order valence-electron chi connectivity index (χ1n) is 14.7. The molecule has 0 aromatic heterocycles. The molecule has 2 heterocycles. The summed E-state index contributed by atoms with van der Waals surface area (Å²) in [6, 6.07) is 15.8. The zero-order valence-corrected chi connectivity index (χ0v) is 26.2. The molecule has 5 rings (SSSR count). The topological polar surface area (TPSA) is 83.9 Å². The monoisotopic (exact) mass is 658 g/mol. The van der Waals surface area contributed by atoms with Crippen LogP contribution < -0.4 is 9.47 Å². The van der Waals surface area contributed by atoms with Crippen molar-refractivity contribution in [2.24, 2.45) is 5.10 Å². The van der Waals surface area contributed by atoms with Crippen molar-refractivity contribution in [3.05, 3.63) is 94.0 Å². The molecule has 1 atom stereocenters. The van der Waals surface area contributed by atoms with Crippen LogP contribution in [0.25, 0.3) is 0 Å². The van der Waals surface area contributed by atoms with Gasteiger partial charge in [0.25, 0.3) is 11.8 Å². The highest BCUT2D eigenvalue weighted by atomic mass is 35.5. The Kier molecular flexibility index (Phi) is 10.5. The number of hydrazone groups is 1. The molecule has 0 spiro atoms. The lowest BCUT2D eigenvalue weighted by atomic mass is 9.97. The Morgan fingerprint density at radius 2 is 1.74 bits per heavy atom. The highest BCUT2D eigenvalue weighted by Crippen LogP contribution is 2.40. The number of ether oxygens (including phenoxy) is 3. The fourth-order valence-corrected chi connectivity index (χ4v) is 5.74. The van der Waals surface area contributed by atoms with Crippen molar-refractivity contribution in [2.75, 3.05) is 60.2 Å². The van der Waals surface area contributed by atoms with E-state index in [0.717, 1.165) is 24.3 Å². The Morgan fingerprint density at radius 1 is 1.02 bits per heavy atom. The van der Waals surface area contributed by atoms with Crippen molar-refractivity contribution in [1.29, 1.82) is 0 Å². The standard InChI is InChI=1S/C33H34ClF3N4O5/c1-44-24-11-12-30(45-2)26(19-24)29-20-28(25-5-3-4-6-27(25)34)38-41(29)31(42)21-40(14-13-39-15-17-46-18-16-39)32(43)22-7-9-23(10-8-22)33(35,36)37/h3-12,19,29H,13-18,20-21H2,1-2H3/t29-/m0/s1. The maximum Gasteiger partial charge on any atom is 0.416 e. The summed E-state index contributed by atoms with van der Waals surface area (Å²) in [6.07, 6.45) is -4.24. The van der Waals surface area contributed by atoms with Gasteiger partial charge < -0.3 is 19.1 Å². The van der Waals surface area contributed by atoms with E-state index >= 15 is 0 Å². The number of hydrogen-bond acceptors (Lipinski definition) is 7. The molecule has 46 heavy (non-hydrogen) atoms. The summed E-state index contributed by atoms with van der Waals surface area (Å²) in [5.41, 5.74) is 1.05. The van der Waals surface area contributed by atoms with E-state index in [1.54, 1.807) is 30.3 Å². The number of carbonyl (C=O) groups excluding carboxylic acids is 2. The van der Waals surface area contributed by atoms with E-state index in [1.165, 1.54) is 24.1 Å². The molecule has 1 saturated heterocycles. The van der Waals surface area contributed by atoms with Gasteiger partial charge in [-0.05, 0) is 48.5 Å². The lowest BCUT2D eigenvalue weighted by Crippen LogP contribution is -2.46. The van der Waals surface area contributed by atoms with Crippen molar-refractivity contribution in [3.8, 4) is 11.5 Å². The Labute approximate surface area is 270 Å². The van der Waals surface area contributed by atoms with Crippen LogP contribution in [0.2, 0.25) is 5.02 Å². The van der Waals surface area contributed by atoms with Crippen LogP contribution in [0.1, 0.15) is 39.5 Å². The molecule has 0 saturated carbocycles. The summed E-state index contributed by atoms with van der Waals surface area (Å²) in [6.45, 7) is 2.65. The molecule has 3 aromatic rings. The zero-order valence-electron chi connectivity index (χ0n) is 25.4. The number of methoxy groups -OCH3 is 2. The summed E-state index contributed by atoms with van der Waals surface area (Å²) < 4.78 is 56.1. The van der Waals surface area contributed by atoms with Crippen LogP contribution in [-0.2, 0) is 15.7 Å². The number of rotatable bonds is 10. The van der Waals surface area contributed by atoms with E-state index in [0.29, 0.717) is 72.6 Å². The van der Waals surface area contributed by atoms with E-state index < -0.39 is 29.6 Å². The zero-order chi connectivity index (χ0) is 32.8. The van der Waals surface area contributed by atoms with Gasteiger partial charge in [-0.2, -0.15) is 18.3 Å². The molecule has 0 radical (unpaired) electrons. The van der Waals surface area contributed by atoms with Gasteiger partial charge in [-0.15, -0.1) is 0 Å². The fraction of sp³-hybridized carbons (Fsp3) is 0.364. The maximum atomic E-state index is 14.2. The minimum absolute atomic E-state index is 0.0375. The first-order valence-corrected chi connectivity index (χ1v) is 15.1. The molecular weight excluding hydrogens is 625 g/mol. The van der Waals surface area contributed by atoms with Crippen molar-refractivity contribution >= 4 is 29.1 Å².